The lowest BCUT2D eigenvalue weighted by molar-refractivity contribution is 0.00651. The summed E-state index contributed by atoms with van der Waals surface area (Å²) in [6, 6.07) is 10.5. The number of likely N-dealkylation sites (tertiary alicyclic amines) is 1. The van der Waals surface area contributed by atoms with Gasteiger partial charge in [-0.15, -0.1) is 0 Å². The van der Waals surface area contributed by atoms with Crippen LogP contribution in [0.3, 0.4) is 0 Å². The lowest BCUT2D eigenvalue weighted by Gasteiger charge is -2.48. The Labute approximate surface area is 126 Å². The Hall–Kier alpha value is -0.910. The van der Waals surface area contributed by atoms with Crippen LogP contribution in [0.2, 0.25) is 0 Å². The molecule has 1 aromatic carbocycles. The Morgan fingerprint density at radius 1 is 1.10 bits per heavy atom. The predicted octanol–water partition coefficient (Wildman–Crippen LogP) is 1.69. The Morgan fingerprint density at radius 2 is 1.81 bits per heavy atom. The number of benzene rings is 1. The molecule has 0 aromatic heterocycles. The minimum absolute atomic E-state index is 0.0619. The predicted molar refractivity (Wildman–Crippen MR) is 82.3 cm³/mol. The molecule has 5 heteroatoms. The molecule has 1 aliphatic carbocycles. The zero-order chi connectivity index (χ0) is 14.5. The molecule has 2 heterocycles. The molecule has 0 bridgehead atoms. The van der Waals surface area contributed by atoms with Crippen LogP contribution >= 0.6 is 0 Å². The van der Waals surface area contributed by atoms with Gasteiger partial charge in [0.1, 0.15) is 0 Å². The quantitative estimate of drug-likeness (QED) is 0.850. The van der Waals surface area contributed by atoms with Crippen LogP contribution in [0.15, 0.2) is 30.3 Å². The maximum Gasteiger partial charge on any atom is 0.217 e. The van der Waals surface area contributed by atoms with Gasteiger partial charge in [0.2, 0.25) is 10.0 Å². The van der Waals surface area contributed by atoms with Crippen LogP contribution in [-0.2, 0) is 16.6 Å². The van der Waals surface area contributed by atoms with E-state index >= 15 is 0 Å². The molecule has 3 fully saturated rings. The van der Waals surface area contributed by atoms with Gasteiger partial charge in [-0.3, -0.25) is 4.90 Å². The highest BCUT2D eigenvalue weighted by Gasteiger charge is 2.52. The van der Waals surface area contributed by atoms with Gasteiger partial charge in [-0.2, -0.15) is 0 Å². The molecule has 114 valence electrons. The fourth-order valence-corrected chi connectivity index (χ4v) is 5.75. The largest absolute Gasteiger partial charge is 0.298 e. The second-order valence-electron chi connectivity index (χ2n) is 6.96. The van der Waals surface area contributed by atoms with Crippen molar-refractivity contribution in [2.75, 3.05) is 26.2 Å². The maximum absolute atomic E-state index is 12.3. The first-order valence-corrected chi connectivity index (χ1v) is 9.33. The molecule has 4 rings (SSSR count). The standard InChI is InChI=1S/C16H22N2O2S/c19-21(20,15-6-7-15)18-9-8-16(13-18)11-17(12-16)10-14-4-2-1-3-5-14/h1-5,15H,6-13H2. The maximum atomic E-state index is 12.3. The van der Waals surface area contributed by atoms with E-state index in [1.165, 1.54) is 5.56 Å². The summed E-state index contributed by atoms with van der Waals surface area (Å²) in [6.07, 6.45) is 2.77. The second kappa shape index (κ2) is 4.80. The molecular formula is C16H22N2O2S. The van der Waals surface area contributed by atoms with E-state index in [0.717, 1.165) is 52.0 Å². The highest BCUT2D eigenvalue weighted by atomic mass is 32.2. The molecule has 3 aliphatic rings. The Morgan fingerprint density at radius 3 is 2.48 bits per heavy atom. The molecule has 2 saturated heterocycles. The molecule has 0 N–H and O–H groups in total. The van der Waals surface area contributed by atoms with Crippen molar-refractivity contribution in [1.29, 1.82) is 0 Å². The first-order chi connectivity index (χ1) is 10.1. The van der Waals surface area contributed by atoms with Gasteiger partial charge in [0.15, 0.2) is 0 Å². The normalized spacial score (nSPS) is 26.1. The van der Waals surface area contributed by atoms with Crippen LogP contribution in [0.1, 0.15) is 24.8 Å². The van der Waals surface area contributed by atoms with Crippen molar-refractivity contribution in [2.24, 2.45) is 5.41 Å². The molecule has 1 spiro atoms. The van der Waals surface area contributed by atoms with Crippen LogP contribution in [0.5, 0.6) is 0 Å². The fourth-order valence-electron chi connectivity index (χ4n) is 3.80. The summed E-state index contributed by atoms with van der Waals surface area (Å²) in [5, 5.41) is -0.0619. The van der Waals surface area contributed by atoms with E-state index in [2.05, 4.69) is 29.2 Å². The van der Waals surface area contributed by atoms with Crippen molar-refractivity contribution >= 4 is 10.0 Å². The van der Waals surface area contributed by atoms with Gasteiger partial charge in [0.25, 0.3) is 0 Å². The van der Waals surface area contributed by atoms with Crippen LogP contribution in [0, 0.1) is 5.41 Å². The Bertz CT molecular complexity index is 619. The van der Waals surface area contributed by atoms with Crippen molar-refractivity contribution in [3.8, 4) is 0 Å². The van der Waals surface area contributed by atoms with Crippen LogP contribution < -0.4 is 0 Å². The Balaban J connectivity index is 1.35. The van der Waals surface area contributed by atoms with Crippen LogP contribution in [0.25, 0.3) is 0 Å². The van der Waals surface area contributed by atoms with Gasteiger partial charge in [0.05, 0.1) is 5.25 Å². The van der Waals surface area contributed by atoms with Crippen LogP contribution in [0.4, 0.5) is 0 Å². The molecule has 0 amide bonds. The molecule has 0 radical (unpaired) electrons. The summed E-state index contributed by atoms with van der Waals surface area (Å²) in [5.74, 6) is 0. The average Bonchev–Trinajstić information content (AvgIpc) is 3.20. The zero-order valence-electron chi connectivity index (χ0n) is 12.2. The lowest BCUT2D eigenvalue weighted by Crippen LogP contribution is -2.57. The van der Waals surface area contributed by atoms with Crippen molar-refractivity contribution < 1.29 is 8.42 Å². The van der Waals surface area contributed by atoms with Gasteiger partial charge >= 0.3 is 0 Å². The Kier molecular flexibility index (Phi) is 3.14. The van der Waals surface area contributed by atoms with E-state index in [1.807, 2.05) is 6.07 Å². The van der Waals surface area contributed by atoms with E-state index in [9.17, 15) is 8.42 Å². The number of sulfonamides is 1. The van der Waals surface area contributed by atoms with Gasteiger partial charge < -0.3 is 0 Å². The van der Waals surface area contributed by atoms with E-state index < -0.39 is 10.0 Å². The number of rotatable bonds is 4. The van der Waals surface area contributed by atoms with Gasteiger partial charge in [0, 0.05) is 38.1 Å². The highest BCUT2D eigenvalue weighted by molar-refractivity contribution is 7.90. The minimum Gasteiger partial charge on any atom is -0.298 e. The third-order valence-corrected chi connectivity index (χ3v) is 7.42. The molecule has 21 heavy (non-hydrogen) atoms. The average molecular weight is 306 g/mol. The van der Waals surface area contributed by atoms with Gasteiger partial charge in [-0.1, -0.05) is 30.3 Å². The summed E-state index contributed by atoms with van der Waals surface area (Å²) in [4.78, 5) is 2.43. The van der Waals surface area contributed by atoms with E-state index in [-0.39, 0.29) is 10.7 Å². The van der Waals surface area contributed by atoms with Crippen molar-refractivity contribution in [3.05, 3.63) is 35.9 Å². The number of hydrogen-bond acceptors (Lipinski definition) is 3. The minimum atomic E-state index is -2.97. The van der Waals surface area contributed by atoms with Crippen molar-refractivity contribution in [2.45, 2.75) is 31.1 Å². The molecule has 4 nitrogen and oxygen atoms in total. The summed E-state index contributed by atoms with van der Waals surface area (Å²) >= 11 is 0. The summed E-state index contributed by atoms with van der Waals surface area (Å²) in [5.41, 5.74) is 1.57. The van der Waals surface area contributed by atoms with Gasteiger partial charge in [-0.25, -0.2) is 12.7 Å². The summed E-state index contributed by atoms with van der Waals surface area (Å²) < 4.78 is 26.4. The number of nitrogens with zero attached hydrogens (tertiary/aromatic N) is 2. The topological polar surface area (TPSA) is 40.6 Å². The molecule has 0 atom stereocenters. The van der Waals surface area contributed by atoms with Crippen LogP contribution in [-0.4, -0.2) is 49.1 Å². The van der Waals surface area contributed by atoms with E-state index in [1.54, 1.807) is 4.31 Å². The third-order valence-electron chi connectivity index (χ3n) is 5.08. The lowest BCUT2D eigenvalue weighted by atomic mass is 9.79. The SMILES string of the molecule is O=S(=O)(C1CC1)N1CCC2(CN(Cc3ccccc3)C2)C1. The molecule has 1 saturated carbocycles. The van der Waals surface area contributed by atoms with E-state index in [4.69, 9.17) is 0 Å². The zero-order valence-corrected chi connectivity index (χ0v) is 13.1. The third kappa shape index (κ3) is 2.51. The second-order valence-corrected chi connectivity index (χ2v) is 9.17. The monoisotopic (exact) mass is 306 g/mol. The molecule has 1 aromatic rings. The van der Waals surface area contributed by atoms with Crippen molar-refractivity contribution in [3.63, 3.8) is 0 Å². The first-order valence-electron chi connectivity index (χ1n) is 7.83. The number of hydrogen-bond donors (Lipinski definition) is 0. The molecule has 2 aliphatic heterocycles. The van der Waals surface area contributed by atoms with E-state index in [0.29, 0.717) is 0 Å². The highest BCUT2D eigenvalue weighted by Crippen LogP contribution is 2.43. The molecular weight excluding hydrogens is 284 g/mol. The fraction of sp³-hybridized carbons (Fsp3) is 0.625. The van der Waals surface area contributed by atoms with Crippen molar-refractivity contribution in [1.82, 2.24) is 9.21 Å². The molecule has 0 unspecified atom stereocenters. The van der Waals surface area contributed by atoms with Gasteiger partial charge in [-0.05, 0) is 24.8 Å². The first kappa shape index (κ1) is 13.7. The summed E-state index contributed by atoms with van der Waals surface area (Å²) in [7, 11) is -2.97. The smallest absolute Gasteiger partial charge is 0.217 e. The summed E-state index contributed by atoms with van der Waals surface area (Å²) in [6.45, 7) is 4.55.